The Hall–Kier alpha value is 0.910. The Morgan fingerprint density at radius 2 is 1.38 bits per heavy atom. The van der Waals surface area contributed by atoms with Crippen LogP contribution in [0.3, 0.4) is 0 Å². The van der Waals surface area contributed by atoms with Crippen molar-refractivity contribution < 1.29 is 0 Å². The summed E-state index contributed by atoms with van der Waals surface area (Å²) in [6.07, 6.45) is 11.4. The molecule has 0 aliphatic carbocycles. The van der Waals surface area contributed by atoms with Gasteiger partial charge in [-0.3, -0.25) is 0 Å². The molecule has 2 aliphatic heterocycles. The summed E-state index contributed by atoms with van der Waals surface area (Å²) < 4.78 is 0. The fraction of sp³-hybridized carbons (Fsp3) is 1.00. The molecule has 0 radical (unpaired) electrons. The van der Waals surface area contributed by atoms with Crippen LogP contribution in [0.15, 0.2) is 0 Å². The third kappa shape index (κ3) is 2.69. The van der Waals surface area contributed by atoms with E-state index < -0.39 is 7.26 Å². The summed E-state index contributed by atoms with van der Waals surface area (Å²) in [6, 6.07) is 0. The minimum atomic E-state index is -0.646. The van der Waals surface area contributed by atoms with Crippen molar-refractivity contribution in [1.82, 2.24) is 0 Å². The molecule has 0 bridgehead atoms. The van der Waals surface area contributed by atoms with Gasteiger partial charge in [0.1, 0.15) is 0 Å². The Bertz CT molecular complexity index is 151. The summed E-state index contributed by atoms with van der Waals surface area (Å²) in [4.78, 5) is 0. The van der Waals surface area contributed by atoms with E-state index in [0.29, 0.717) is 0 Å². The molecule has 0 saturated carbocycles. The monoisotopic (exact) mass is 266 g/mol. The van der Waals surface area contributed by atoms with E-state index in [9.17, 15) is 0 Å². The number of hydrogen-bond acceptors (Lipinski definition) is 0. The van der Waals surface area contributed by atoms with Crippen LogP contribution in [0.1, 0.15) is 33.1 Å². The summed E-state index contributed by atoms with van der Waals surface area (Å²) in [7, 11) is -0.646. The third-order valence-electron chi connectivity index (χ3n) is 4.03. The van der Waals surface area contributed by atoms with Crippen LogP contribution in [0.2, 0.25) is 0 Å². The maximum atomic E-state index is 2.49. The molecule has 0 N–H and O–H groups in total. The van der Waals surface area contributed by atoms with E-state index >= 15 is 0 Å². The fourth-order valence-electron chi connectivity index (χ4n) is 3.95. The van der Waals surface area contributed by atoms with Crippen LogP contribution < -0.4 is 0 Å². The Balaban J connectivity index is 0.000000845. The average Bonchev–Trinajstić information content (AvgIpc) is 2.33. The summed E-state index contributed by atoms with van der Waals surface area (Å²) in [5, 5.41) is 0. The van der Waals surface area contributed by atoms with Crippen LogP contribution in [0.5, 0.6) is 0 Å². The second kappa shape index (κ2) is 4.62. The van der Waals surface area contributed by atoms with Gasteiger partial charge in [-0.2, -0.15) is 0 Å². The van der Waals surface area contributed by atoms with Gasteiger partial charge in [0, 0.05) is 0 Å². The number of hydrogen-bond donors (Lipinski definition) is 0. The summed E-state index contributed by atoms with van der Waals surface area (Å²) in [5.74, 6) is 2.14. The Labute approximate surface area is 94.0 Å². The van der Waals surface area contributed by atoms with Gasteiger partial charge >= 0.3 is 76.9 Å². The quantitative estimate of drug-likeness (QED) is 0.586. The van der Waals surface area contributed by atoms with Crippen molar-refractivity contribution in [1.29, 1.82) is 0 Å². The van der Waals surface area contributed by atoms with Crippen LogP contribution in [0, 0.1) is 11.8 Å². The minimum absolute atomic E-state index is 0. The molecule has 2 fully saturated rings. The standard InChI is InChI=1S/C11H23P.BrH/c1-10-7-11(2)9-12(8-10)5-3-4-6-12;/h10-12H,3-9H2,1-2H3;1H. The molecule has 0 aromatic heterocycles. The first kappa shape index (κ1) is 12.0. The second-order valence-corrected chi connectivity index (χ2v) is 10.4. The van der Waals surface area contributed by atoms with Gasteiger partial charge in [-0.05, 0) is 0 Å². The van der Waals surface area contributed by atoms with Gasteiger partial charge in [-0.15, -0.1) is 17.0 Å². The average molecular weight is 267 g/mol. The zero-order valence-electron chi connectivity index (χ0n) is 9.01. The van der Waals surface area contributed by atoms with E-state index in [2.05, 4.69) is 13.8 Å². The molecule has 80 valence electrons. The molecular weight excluding hydrogens is 243 g/mol. The SMILES string of the molecule is Br.CC1CC(C)C[PH]2(CCCC2)C1. The predicted molar refractivity (Wildman–Crippen MR) is 70.3 cm³/mol. The maximum absolute atomic E-state index is 2.49. The second-order valence-electron chi connectivity index (χ2n) is 5.56. The Morgan fingerprint density at radius 3 is 1.85 bits per heavy atom. The molecule has 1 spiro atoms. The molecule has 0 nitrogen and oxygen atoms in total. The Kier molecular flexibility index (Phi) is 4.26. The first-order valence-corrected chi connectivity index (χ1v) is 8.53. The predicted octanol–water partition coefficient (Wildman–Crippen LogP) is 3.78. The first-order chi connectivity index (χ1) is 5.70. The molecule has 0 aromatic carbocycles. The van der Waals surface area contributed by atoms with E-state index in [4.69, 9.17) is 0 Å². The van der Waals surface area contributed by atoms with Crippen LogP contribution in [0.4, 0.5) is 0 Å². The summed E-state index contributed by atoms with van der Waals surface area (Å²) >= 11 is 0. The molecule has 2 atom stereocenters. The molecule has 0 amide bonds. The zero-order chi connectivity index (χ0) is 8.60. The first-order valence-electron chi connectivity index (χ1n) is 5.70. The number of halogens is 1. The van der Waals surface area contributed by atoms with Gasteiger partial charge in [0.2, 0.25) is 0 Å². The van der Waals surface area contributed by atoms with E-state index in [1.807, 2.05) is 0 Å². The molecule has 2 saturated heterocycles. The molecule has 2 heteroatoms. The van der Waals surface area contributed by atoms with Crippen molar-refractivity contribution in [2.45, 2.75) is 33.1 Å². The molecule has 2 unspecified atom stereocenters. The van der Waals surface area contributed by atoms with Crippen LogP contribution in [0.25, 0.3) is 0 Å². The van der Waals surface area contributed by atoms with Crippen LogP contribution in [-0.4, -0.2) is 24.6 Å². The molecule has 2 rings (SSSR count). The molecule has 0 aromatic rings. The third-order valence-corrected chi connectivity index (χ3v) is 9.99. The van der Waals surface area contributed by atoms with E-state index in [1.165, 1.54) is 6.42 Å². The number of rotatable bonds is 0. The van der Waals surface area contributed by atoms with Crippen molar-refractivity contribution in [3.63, 3.8) is 0 Å². The van der Waals surface area contributed by atoms with Crippen LogP contribution in [-0.2, 0) is 0 Å². The van der Waals surface area contributed by atoms with Crippen molar-refractivity contribution >= 4 is 24.2 Å². The van der Waals surface area contributed by atoms with Crippen molar-refractivity contribution in [2.75, 3.05) is 24.6 Å². The van der Waals surface area contributed by atoms with Gasteiger partial charge in [-0.1, -0.05) is 0 Å². The normalized spacial score (nSPS) is 39.8. The molecule has 2 aliphatic rings. The van der Waals surface area contributed by atoms with Crippen molar-refractivity contribution in [3.8, 4) is 0 Å². The van der Waals surface area contributed by atoms with E-state index in [1.54, 1.807) is 37.5 Å². The molecule has 2 heterocycles. The van der Waals surface area contributed by atoms with Gasteiger partial charge in [0.15, 0.2) is 0 Å². The Morgan fingerprint density at radius 1 is 0.923 bits per heavy atom. The summed E-state index contributed by atoms with van der Waals surface area (Å²) in [6.45, 7) is 4.98. The van der Waals surface area contributed by atoms with Crippen LogP contribution >= 0.6 is 24.2 Å². The summed E-state index contributed by atoms with van der Waals surface area (Å²) in [5.41, 5.74) is 0. The van der Waals surface area contributed by atoms with Gasteiger partial charge in [0.05, 0.1) is 0 Å². The topological polar surface area (TPSA) is 0 Å². The molecular formula is C11H24BrP. The molecule has 13 heavy (non-hydrogen) atoms. The van der Waals surface area contributed by atoms with Gasteiger partial charge in [-0.25, -0.2) is 0 Å². The van der Waals surface area contributed by atoms with E-state index in [0.717, 1.165) is 11.8 Å². The zero-order valence-corrected chi connectivity index (χ0v) is 11.7. The van der Waals surface area contributed by atoms with Crippen molar-refractivity contribution in [2.24, 2.45) is 11.8 Å². The van der Waals surface area contributed by atoms with Gasteiger partial charge in [0.25, 0.3) is 0 Å². The van der Waals surface area contributed by atoms with Gasteiger partial charge < -0.3 is 0 Å². The van der Waals surface area contributed by atoms with Crippen molar-refractivity contribution in [3.05, 3.63) is 0 Å². The van der Waals surface area contributed by atoms with E-state index in [-0.39, 0.29) is 17.0 Å². The fourth-order valence-corrected chi connectivity index (χ4v) is 10.5.